The number of nitrogens with one attached hydrogen (secondary N) is 1. The zero-order chi connectivity index (χ0) is 12.3. The van der Waals surface area contributed by atoms with Crippen molar-refractivity contribution in [2.45, 2.75) is 33.1 Å². The molecule has 1 aromatic rings. The molecule has 1 aromatic carbocycles. The molecule has 2 heteroatoms. The molecule has 1 aliphatic rings. The Morgan fingerprint density at radius 3 is 2.47 bits per heavy atom. The molecule has 2 nitrogen and oxygen atoms in total. The minimum Gasteiger partial charge on any atom is -0.356 e. The Kier molecular flexibility index (Phi) is 3.82. The van der Waals surface area contributed by atoms with E-state index in [0.717, 1.165) is 25.8 Å². The Bertz CT molecular complexity index is 375. The molecule has 2 rings (SSSR count). The molecule has 0 saturated heterocycles. The highest BCUT2D eigenvalue weighted by molar-refractivity contribution is 5.78. The molecule has 1 amide bonds. The maximum Gasteiger partial charge on any atom is 0.223 e. The quantitative estimate of drug-likeness (QED) is 0.847. The van der Waals surface area contributed by atoms with E-state index in [2.05, 4.69) is 43.4 Å². The lowest BCUT2D eigenvalue weighted by molar-refractivity contribution is -0.125. The zero-order valence-corrected chi connectivity index (χ0v) is 10.7. The van der Waals surface area contributed by atoms with Gasteiger partial charge in [-0.2, -0.15) is 0 Å². The van der Waals surface area contributed by atoms with Gasteiger partial charge in [-0.05, 0) is 36.3 Å². The summed E-state index contributed by atoms with van der Waals surface area (Å²) in [6.07, 6.45) is 3.11. The summed E-state index contributed by atoms with van der Waals surface area (Å²) in [4.78, 5) is 11.9. The summed E-state index contributed by atoms with van der Waals surface area (Å²) in [5.74, 6) is 0.808. The second-order valence-electron chi connectivity index (χ2n) is 5.02. The lowest BCUT2D eigenvalue weighted by Crippen LogP contribution is -2.34. The maximum absolute atomic E-state index is 11.9. The third-order valence-corrected chi connectivity index (χ3v) is 3.75. The van der Waals surface area contributed by atoms with Crippen molar-refractivity contribution in [1.82, 2.24) is 5.32 Å². The average Bonchev–Trinajstić information content (AvgIpc) is 2.78. The highest BCUT2D eigenvalue weighted by atomic mass is 16.1. The van der Waals surface area contributed by atoms with Gasteiger partial charge in [0.05, 0.1) is 0 Å². The van der Waals surface area contributed by atoms with Gasteiger partial charge in [-0.3, -0.25) is 4.79 Å². The SMILES string of the molecule is CCCNC(=O)C(C)C1Cc2ccccc2C1. The van der Waals surface area contributed by atoms with Crippen LogP contribution >= 0.6 is 0 Å². The Hall–Kier alpha value is -1.31. The number of fused-ring (bicyclic) bond motifs is 1. The van der Waals surface area contributed by atoms with Gasteiger partial charge in [-0.25, -0.2) is 0 Å². The largest absolute Gasteiger partial charge is 0.356 e. The topological polar surface area (TPSA) is 29.1 Å². The monoisotopic (exact) mass is 231 g/mol. The first-order valence-corrected chi connectivity index (χ1v) is 6.57. The third kappa shape index (κ3) is 2.68. The van der Waals surface area contributed by atoms with Gasteiger partial charge in [0, 0.05) is 12.5 Å². The van der Waals surface area contributed by atoms with Crippen LogP contribution < -0.4 is 5.32 Å². The second kappa shape index (κ2) is 5.35. The van der Waals surface area contributed by atoms with E-state index in [-0.39, 0.29) is 11.8 Å². The minimum atomic E-state index is 0.119. The van der Waals surface area contributed by atoms with Gasteiger partial charge in [-0.1, -0.05) is 38.1 Å². The fraction of sp³-hybridized carbons (Fsp3) is 0.533. The first-order chi connectivity index (χ1) is 8.22. The van der Waals surface area contributed by atoms with Crippen LogP contribution in [0.15, 0.2) is 24.3 Å². The van der Waals surface area contributed by atoms with Gasteiger partial charge in [-0.15, -0.1) is 0 Å². The van der Waals surface area contributed by atoms with E-state index in [9.17, 15) is 4.79 Å². The fourth-order valence-corrected chi connectivity index (χ4v) is 2.57. The normalized spacial score (nSPS) is 16.6. The van der Waals surface area contributed by atoms with E-state index >= 15 is 0 Å². The predicted molar refractivity (Wildman–Crippen MR) is 69.8 cm³/mol. The molecule has 0 saturated carbocycles. The second-order valence-corrected chi connectivity index (χ2v) is 5.02. The van der Waals surface area contributed by atoms with Crippen LogP contribution in [-0.4, -0.2) is 12.5 Å². The van der Waals surface area contributed by atoms with Crippen molar-refractivity contribution in [3.63, 3.8) is 0 Å². The number of benzene rings is 1. The van der Waals surface area contributed by atoms with Gasteiger partial charge in [0.2, 0.25) is 5.91 Å². The third-order valence-electron chi connectivity index (χ3n) is 3.75. The lowest BCUT2D eigenvalue weighted by atomic mass is 9.90. The van der Waals surface area contributed by atoms with Crippen molar-refractivity contribution in [2.24, 2.45) is 11.8 Å². The highest BCUT2D eigenvalue weighted by Gasteiger charge is 2.29. The zero-order valence-electron chi connectivity index (χ0n) is 10.7. The number of carbonyl (C=O) groups excluding carboxylic acids is 1. The molecule has 92 valence electrons. The first-order valence-electron chi connectivity index (χ1n) is 6.57. The molecule has 1 N–H and O–H groups in total. The molecule has 0 aromatic heterocycles. The molecular weight excluding hydrogens is 210 g/mol. The molecule has 17 heavy (non-hydrogen) atoms. The number of rotatable bonds is 4. The molecular formula is C15H21NO. The fourth-order valence-electron chi connectivity index (χ4n) is 2.57. The van der Waals surface area contributed by atoms with Gasteiger partial charge in [0.15, 0.2) is 0 Å². The van der Waals surface area contributed by atoms with Crippen LogP contribution in [0.2, 0.25) is 0 Å². The Balaban J connectivity index is 1.96. The van der Waals surface area contributed by atoms with E-state index in [1.54, 1.807) is 0 Å². The van der Waals surface area contributed by atoms with E-state index < -0.39 is 0 Å². The van der Waals surface area contributed by atoms with Crippen LogP contribution in [0.4, 0.5) is 0 Å². The summed E-state index contributed by atoms with van der Waals surface area (Å²) in [6, 6.07) is 8.55. The minimum absolute atomic E-state index is 0.119. The molecule has 0 bridgehead atoms. The molecule has 0 aliphatic heterocycles. The molecule has 0 heterocycles. The molecule has 1 unspecified atom stereocenters. The predicted octanol–water partition coefficient (Wildman–Crippen LogP) is 2.56. The summed E-state index contributed by atoms with van der Waals surface area (Å²) < 4.78 is 0. The van der Waals surface area contributed by atoms with E-state index in [0.29, 0.717) is 5.92 Å². The Morgan fingerprint density at radius 1 is 1.35 bits per heavy atom. The van der Waals surface area contributed by atoms with Crippen LogP contribution in [0.25, 0.3) is 0 Å². The molecule has 0 spiro atoms. The Labute approximate surface area is 103 Å². The number of amides is 1. The van der Waals surface area contributed by atoms with Crippen LogP contribution in [0.1, 0.15) is 31.4 Å². The highest BCUT2D eigenvalue weighted by Crippen LogP contribution is 2.31. The van der Waals surface area contributed by atoms with Gasteiger partial charge < -0.3 is 5.32 Å². The van der Waals surface area contributed by atoms with E-state index in [1.165, 1.54) is 11.1 Å². The van der Waals surface area contributed by atoms with Gasteiger partial charge in [0.25, 0.3) is 0 Å². The molecule has 1 atom stereocenters. The van der Waals surface area contributed by atoms with Crippen molar-refractivity contribution in [1.29, 1.82) is 0 Å². The Morgan fingerprint density at radius 2 is 1.94 bits per heavy atom. The first kappa shape index (κ1) is 12.2. The van der Waals surface area contributed by atoms with Crippen molar-refractivity contribution < 1.29 is 4.79 Å². The standard InChI is InChI=1S/C15H21NO/c1-3-8-16-15(17)11(2)14-9-12-6-4-5-7-13(12)10-14/h4-7,11,14H,3,8-10H2,1-2H3,(H,16,17). The number of hydrogen-bond donors (Lipinski definition) is 1. The van der Waals surface area contributed by atoms with Crippen molar-refractivity contribution in [3.05, 3.63) is 35.4 Å². The molecule has 0 fully saturated rings. The number of hydrogen-bond acceptors (Lipinski definition) is 1. The summed E-state index contributed by atoms with van der Waals surface area (Å²) in [6.45, 7) is 4.93. The average molecular weight is 231 g/mol. The smallest absolute Gasteiger partial charge is 0.223 e. The molecule has 1 aliphatic carbocycles. The van der Waals surface area contributed by atoms with E-state index in [4.69, 9.17) is 0 Å². The van der Waals surface area contributed by atoms with Crippen molar-refractivity contribution in [2.75, 3.05) is 6.54 Å². The summed E-state index contributed by atoms with van der Waals surface area (Å²) in [5, 5.41) is 3.00. The summed E-state index contributed by atoms with van der Waals surface area (Å²) in [5.41, 5.74) is 2.85. The van der Waals surface area contributed by atoms with Gasteiger partial charge in [0.1, 0.15) is 0 Å². The van der Waals surface area contributed by atoms with Crippen LogP contribution in [0.3, 0.4) is 0 Å². The summed E-state index contributed by atoms with van der Waals surface area (Å²) in [7, 11) is 0. The number of carbonyl (C=O) groups is 1. The van der Waals surface area contributed by atoms with Crippen LogP contribution in [0, 0.1) is 11.8 Å². The lowest BCUT2D eigenvalue weighted by Gasteiger charge is -2.18. The summed E-state index contributed by atoms with van der Waals surface area (Å²) >= 11 is 0. The van der Waals surface area contributed by atoms with Crippen molar-refractivity contribution in [3.8, 4) is 0 Å². The molecule has 0 radical (unpaired) electrons. The van der Waals surface area contributed by atoms with Gasteiger partial charge >= 0.3 is 0 Å². The van der Waals surface area contributed by atoms with Crippen LogP contribution in [-0.2, 0) is 17.6 Å². The van der Waals surface area contributed by atoms with E-state index in [1.807, 2.05) is 0 Å². The van der Waals surface area contributed by atoms with Crippen molar-refractivity contribution >= 4 is 5.91 Å². The van der Waals surface area contributed by atoms with Crippen LogP contribution in [0.5, 0.6) is 0 Å². The maximum atomic E-state index is 11.9.